The van der Waals surface area contributed by atoms with Gasteiger partial charge in [-0.1, -0.05) is 12.1 Å². The first-order valence-corrected chi connectivity index (χ1v) is 5.80. The molecule has 1 N–H and O–H groups in total. The summed E-state index contributed by atoms with van der Waals surface area (Å²) in [6.45, 7) is 5.67. The van der Waals surface area contributed by atoms with Gasteiger partial charge >= 0.3 is 0 Å². The lowest BCUT2D eigenvalue weighted by molar-refractivity contribution is -0.00318. The zero-order chi connectivity index (χ0) is 13.2. The number of aryl methyl sites for hydroxylation is 1. The van der Waals surface area contributed by atoms with E-state index in [2.05, 4.69) is 6.07 Å². The average Bonchev–Trinajstić information content (AvgIpc) is 2.15. The number of likely N-dealkylation sites (N-methyl/N-ethyl adjacent to an activating group) is 1. The fourth-order valence-corrected chi connectivity index (χ4v) is 2.41. The largest absolute Gasteiger partial charge is 0.496 e. The van der Waals surface area contributed by atoms with Gasteiger partial charge < -0.3 is 9.84 Å². The Morgan fingerprint density at radius 2 is 1.88 bits per heavy atom. The molecular formula is C14H23NO2. The fraction of sp³-hybridized carbons (Fsp3) is 0.571. The van der Waals surface area contributed by atoms with Gasteiger partial charge in [0.2, 0.25) is 0 Å². The van der Waals surface area contributed by atoms with Crippen LogP contribution in [0.15, 0.2) is 18.2 Å². The SMILES string of the molecule is COc1ccc(C(N(C)C)C(C)(C)O)cc1C. The van der Waals surface area contributed by atoms with Gasteiger partial charge in [0.15, 0.2) is 0 Å². The van der Waals surface area contributed by atoms with Crippen molar-refractivity contribution in [2.45, 2.75) is 32.4 Å². The minimum atomic E-state index is -0.787. The van der Waals surface area contributed by atoms with Gasteiger partial charge in [0, 0.05) is 0 Å². The third kappa shape index (κ3) is 3.20. The highest BCUT2D eigenvalue weighted by molar-refractivity contribution is 5.38. The first-order chi connectivity index (χ1) is 7.77. The van der Waals surface area contributed by atoms with Crippen LogP contribution in [0.2, 0.25) is 0 Å². The van der Waals surface area contributed by atoms with Gasteiger partial charge in [-0.2, -0.15) is 0 Å². The van der Waals surface area contributed by atoms with Crippen LogP contribution in [0.4, 0.5) is 0 Å². The lowest BCUT2D eigenvalue weighted by Gasteiger charge is -2.35. The first-order valence-electron chi connectivity index (χ1n) is 5.80. The topological polar surface area (TPSA) is 32.7 Å². The Morgan fingerprint density at radius 1 is 1.29 bits per heavy atom. The van der Waals surface area contributed by atoms with Crippen molar-refractivity contribution in [1.29, 1.82) is 0 Å². The second kappa shape index (κ2) is 5.07. The molecule has 0 aliphatic rings. The van der Waals surface area contributed by atoms with Crippen LogP contribution in [0.3, 0.4) is 0 Å². The molecule has 0 aromatic heterocycles. The maximum absolute atomic E-state index is 10.2. The molecule has 0 aliphatic heterocycles. The predicted molar refractivity (Wildman–Crippen MR) is 70.5 cm³/mol. The van der Waals surface area contributed by atoms with Crippen molar-refractivity contribution in [1.82, 2.24) is 4.90 Å². The van der Waals surface area contributed by atoms with Crippen molar-refractivity contribution < 1.29 is 9.84 Å². The third-order valence-electron chi connectivity index (χ3n) is 2.92. The lowest BCUT2D eigenvalue weighted by atomic mass is 9.90. The molecule has 1 unspecified atom stereocenters. The van der Waals surface area contributed by atoms with Crippen LogP contribution in [0.5, 0.6) is 5.75 Å². The molecule has 0 heterocycles. The molecule has 0 aliphatic carbocycles. The Labute approximate surface area is 104 Å². The fourth-order valence-electron chi connectivity index (χ4n) is 2.41. The highest BCUT2D eigenvalue weighted by Gasteiger charge is 2.30. The molecule has 0 bridgehead atoms. The molecule has 0 fully saturated rings. The zero-order valence-corrected chi connectivity index (χ0v) is 11.6. The number of methoxy groups -OCH3 is 1. The normalized spacial score (nSPS) is 13.9. The van der Waals surface area contributed by atoms with Crippen LogP contribution < -0.4 is 4.74 Å². The Kier molecular flexibility index (Phi) is 4.17. The molecular weight excluding hydrogens is 214 g/mol. The van der Waals surface area contributed by atoms with E-state index in [1.165, 1.54) is 0 Å². The van der Waals surface area contributed by atoms with Gasteiger partial charge in [0.25, 0.3) is 0 Å². The van der Waals surface area contributed by atoms with Gasteiger partial charge in [-0.25, -0.2) is 0 Å². The van der Waals surface area contributed by atoms with Gasteiger partial charge in [-0.05, 0) is 52.1 Å². The summed E-state index contributed by atoms with van der Waals surface area (Å²) >= 11 is 0. The number of benzene rings is 1. The summed E-state index contributed by atoms with van der Waals surface area (Å²) in [4.78, 5) is 2.03. The van der Waals surface area contributed by atoms with E-state index in [1.54, 1.807) is 7.11 Å². The van der Waals surface area contributed by atoms with Gasteiger partial charge in [-0.3, -0.25) is 4.90 Å². The molecule has 1 aromatic carbocycles. The summed E-state index contributed by atoms with van der Waals surface area (Å²) in [5, 5.41) is 10.2. The predicted octanol–water partition coefficient (Wildman–Crippen LogP) is 2.38. The molecule has 1 rings (SSSR count). The van der Waals surface area contributed by atoms with Crippen LogP contribution in [0.25, 0.3) is 0 Å². The van der Waals surface area contributed by atoms with Crippen LogP contribution in [-0.2, 0) is 0 Å². The van der Waals surface area contributed by atoms with E-state index in [0.29, 0.717) is 0 Å². The molecule has 0 radical (unpaired) electrons. The standard InChI is InChI=1S/C14H23NO2/c1-10-9-11(7-8-12(10)17-6)13(15(4)5)14(2,3)16/h7-9,13,16H,1-6H3. The van der Waals surface area contributed by atoms with Gasteiger partial charge in [0.05, 0.1) is 18.8 Å². The highest BCUT2D eigenvalue weighted by Crippen LogP contribution is 2.32. The molecule has 0 saturated carbocycles. The van der Waals surface area contributed by atoms with E-state index < -0.39 is 5.60 Å². The van der Waals surface area contributed by atoms with Crippen molar-refractivity contribution in [3.05, 3.63) is 29.3 Å². The van der Waals surface area contributed by atoms with E-state index in [0.717, 1.165) is 16.9 Å². The van der Waals surface area contributed by atoms with E-state index >= 15 is 0 Å². The number of hydrogen-bond acceptors (Lipinski definition) is 3. The van der Waals surface area contributed by atoms with E-state index in [4.69, 9.17) is 4.74 Å². The van der Waals surface area contributed by atoms with E-state index in [9.17, 15) is 5.11 Å². The maximum Gasteiger partial charge on any atom is 0.121 e. The molecule has 17 heavy (non-hydrogen) atoms. The second-order valence-electron chi connectivity index (χ2n) is 5.25. The van der Waals surface area contributed by atoms with Crippen LogP contribution in [-0.4, -0.2) is 36.8 Å². The van der Waals surface area contributed by atoms with Gasteiger partial charge in [0.1, 0.15) is 5.75 Å². The summed E-state index contributed by atoms with van der Waals surface area (Å²) in [5.74, 6) is 0.877. The molecule has 1 atom stereocenters. The summed E-state index contributed by atoms with van der Waals surface area (Å²) in [5.41, 5.74) is 1.40. The van der Waals surface area contributed by atoms with Crippen molar-refractivity contribution in [2.24, 2.45) is 0 Å². The van der Waals surface area contributed by atoms with Crippen LogP contribution >= 0.6 is 0 Å². The Morgan fingerprint density at radius 3 is 2.24 bits per heavy atom. The highest BCUT2D eigenvalue weighted by atomic mass is 16.5. The van der Waals surface area contributed by atoms with Crippen molar-refractivity contribution >= 4 is 0 Å². The number of rotatable bonds is 4. The van der Waals surface area contributed by atoms with Crippen LogP contribution in [0.1, 0.15) is 31.0 Å². The number of aliphatic hydroxyl groups is 1. The Hall–Kier alpha value is -1.06. The monoisotopic (exact) mass is 237 g/mol. The molecule has 0 amide bonds. The summed E-state index contributed by atoms with van der Waals surface area (Å²) < 4.78 is 5.25. The average molecular weight is 237 g/mol. The van der Waals surface area contributed by atoms with Crippen LogP contribution in [0, 0.1) is 6.92 Å². The molecule has 0 saturated heterocycles. The van der Waals surface area contributed by atoms with Crippen molar-refractivity contribution in [2.75, 3.05) is 21.2 Å². The number of ether oxygens (including phenoxy) is 1. The van der Waals surface area contributed by atoms with E-state index in [-0.39, 0.29) is 6.04 Å². The second-order valence-corrected chi connectivity index (χ2v) is 5.25. The summed E-state index contributed by atoms with van der Waals surface area (Å²) in [7, 11) is 5.62. The Bertz CT molecular complexity index is 380. The van der Waals surface area contributed by atoms with Gasteiger partial charge in [-0.15, -0.1) is 0 Å². The molecule has 3 heteroatoms. The minimum absolute atomic E-state index is 0.0351. The molecule has 3 nitrogen and oxygen atoms in total. The van der Waals surface area contributed by atoms with Crippen molar-refractivity contribution in [3.63, 3.8) is 0 Å². The molecule has 1 aromatic rings. The van der Waals surface area contributed by atoms with E-state index in [1.807, 2.05) is 51.9 Å². The number of hydrogen-bond donors (Lipinski definition) is 1. The quantitative estimate of drug-likeness (QED) is 0.872. The summed E-state index contributed by atoms with van der Waals surface area (Å²) in [6.07, 6.45) is 0. The summed E-state index contributed by atoms with van der Waals surface area (Å²) in [6, 6.07) is 6.00. The smallest absolute Gasteiger partial charge is 0.121 e. The minimum Gasteiger partial charge on any atom is -0.496 e. The Balaban J connectivity index is 3.17. The molecule has 0 spiro atoms. The third-order valence-corrected chi connectivity index (χ3v) is 2.92. The van der Waals surface area contributed by atoms with Crippen molar-refractivity contribution in [3.8, 4) is 5.75 Å². The number of nitrogens with zero attached hydrogens (tertiary/aromatic N) is 1. The zero-order valence-electron chi connectivity index (χ0n) is 11.6. The lowest BCUT2D eigenvalue weighted by Crippen LogP contribution is -2.38. The maximum atomic E-state index is 10.2. The first kappa shape index (κ1) is 14.0. The molecule has 96 valence electrons.